The van der Waals surface area contributed by atoms with Crippen LogP contribution in [0.25, 0.3) is 11.0 Å². The van der Waals surface area contributed by atoms with E-state index in [4.69, 9.17) is 9.40 Å². The number of amides is 1. The molecule has 34 heavy (non-hydrogen) atoms. The summed E-state index contributed by atoms with van der Waals surface area (Å²) in [4.78, 5) is 21.4. The number of fused-ring (bicyclic) bond motifs is 1. The maximum atomic E-state index is 14.1. The molecule has 0 spiro atoms. The molecular formula is C26H21FN4O2S. The van der Waals surface area contributed by atoms with Gasteiger partial charge in [-0.1, -0.05) is 42.1 Å². The third-order valence-electron chi connectivity index (χ3n) is 5.39. The predicted octanol–water partition coefficient (Wildman–Crippen LogP) is 5.43. The molecule has 0 radical (unpaired) electrons. The summed E-state index contributed by atoms with van der Waals surface area (Å²) >= 11 is 1.48. The largest absolute Gasteiger partial charge is 0.467 e. The fraction of sp³-hybridized carbons (Fsp3) is 0.115. The van der Waals surface area contributed by atoms with E-state index in [0.29, 0.717) is 35.7 Å². The Bertz CT molecular complexity index is 1410. The van der Waals surface area contributed by atoms with E-state index in [2.05, 4.69) is 14.9 Å². The number of thioether (sulfide) groups is 1. The van der Waals surface area contributed by atoms with Crippen LogP contribution >= 0.6 is 11.8 Å². The Balaban J connectivity index is 1.33. The Morgan fingerprint density at radius 2 is 1.91 bits per heavy atom. The van der Waals surface area contributed by atoms with Crippen LogP contribution in [-0.4, -0.2) is 20.4 Å². The molecule has 0 saturated heterocycles. The van der Waals surface area contributed by atoms with Crippen molar-refractivity contribution in [1.29, 1.82) is 0 Å². The Hall–Kier alpha value is -3.91. The number of hydrogen-bond donors (Lipinski definition) is 1. The molecule has 3 aromatic heterocycles. The van der Waals surface area contributed by atoms with Gasteiger partial charge in [-0.15, -0.1) is 0 Å². The summed E-state index contributed by atoms with van der Waals surface area (Å²) in [5.41, 5.74) is 3.95. The highest BCUT2D eigenvalue weighted by Gasteiger charge is 2.14. The van der Waals surface area contributed by atoms with Crippen molar-refractivity contribution in [3.63, 3.8) is 0 Å². The van der Waals surface area contributed by atoms with Crippen molar-refractivity contribution in [2.24, 2.45) is 0 Å². The van der Waals surface area contributed by atoms with Gasteiger partial charge < -0.3 is 14.3 Å². The van der Waals surface area contributed by atoms with Gasteiger partial charge >= 0.3 is 0 Å². The zero-order chi connectivity index (χ0) is 23.3. The smallest absolute Gasteiger partial charge is 0.251 e. The minimum absolute atomic E-state index is 0.165. The van der Waals surface area contributed by atoms with Gasteiger partial charge in [0.25, 0.3) is 5.91 Å². The van der Waals surface area contributed by atoms with Gasteiger partial charge in [0.05, 0.1) is 36.6 Å². The average molecular weight is 473 g/mol. The maximum absolute atomic E-state index is 14.1. The molecular weight excluding hydrogens is 451 g/mol. The third-order valence-corrected chi connectivity index (χ3v) is 6.42. The minimum atomic E-state index is -0.222. The molecule has 0 saturated carbocycles. The van der Waals surface area contributed by atoms with E-state index >= 15 is 0 Å². The second-order valence-corrected chi connectivity index (χ2v) is 8.63. The number of benzene rings is 2. The Labute approximate surface area is 199 Å². The normalized spacial score (nSPS) is 11.1. The number of pyridine rings is 1. The van der Waals surface area contributed by atoms with Crippen molar-refractivity contribution in [2.45, 2.75) is 24.0 Å². The maximum Gasteiger partial charge on any atom is 0.251 e. The number of carbonyl (C=O) groups excluding carboxylic acids is 1. The second kappa shape index (κ2) is 9.93. The molecule has 0 atom stereocenters. The third kappa shape index (κ3) is 4.87. The van der Waals surface area contributed by atoms with Crippen LogP contribution in [0.5, 0.6) is 0 Å². The monoisotopic (exact) mass is 472 g/mol. The predicted molar refractivity (Wildman–Crippen MR) is 129 cm³/mol. The standard InChI is InChI=1S/C26H21FN4O2S/c27-22-6-2-1-4-20(22)17-34-26-30-23-11-12-28-15-24(23)31(26)16-18-7-9-19(10-8-18)25(32)29-14-21-5-3-13-33-21/h1-13,15H,14,16-17H2,(H,29,32). The summed E-state index contributed by atoms with van der Waals surface area (Å²) in [5.74, 6) is 0.783. The quantitative estimate of drug-likeness (QED) is 0.305. The van der Waals surface area contributed by atoms with Crippen molar-refractivity contribution in [3.05, 3.63) is 114 Å². The highest BCUT2D eigenvalue weighted by molar-refractivity contribution is 7.98. The van der Waals surface area contributed by atoms with Crippen molar-refractivity contribution in [2.75, 3.05) is 0 Å². The van der Waals surface area contributed by atoms with E-state index in [9.17, 15) is 9.18 Å². The summed E-state index contributed by atoms with van der Waals surface area (Å²) in [6.07, 6.45) is 5.07. The van der Waals surface area contributed by atoms with Gasteiger partial charge in [0, 0.05) is 17.5 Å². The first-order chi connectivity index (χ1) is 16.7. The van der Waals surface area contributed by atoms with Crippen molar-refractivity contribution in [1.82, 2.24) is 19.9 Å². The molecule has 3 heterocycles. The lowest BCUT2D eigenvalue weighted by molar-refractivity contribution is 0.0948. The number of imidazole rings is 1. The number of carbonyl (C=O) groups is 1. The minimum Gasteiger partial charge on any atom is -0.467 e. The molecule has 0 aliphatic rings. The van der Waals surface area contributed by atoms with E-state index in [1.807, 2.05) is 30.3 Å². The number of halogens is 1. The van der Waals surface area contributed by atoms with Gasteiger partial charge in [-0.3, -0.25) is 9.78 Å². The zero-order valence-corrected chi connectivity index (χ0v) is 19.0. The molecule has 8 heteroatoms. The molecule has 5 aromatic rings. The summed E-state index contributed by atoms with van der Waals surface area (Å²) < 4.78 is 21.4. The highest BCUT2D eigenvalue weighted by atomic mass is 32.2. The first-order valence-electron chi connectivity index (χ1n) is 10.7. The fourth-order valence-electron chi connectivity index (χ4n) is 3.60. The molecule has 0 fully saturated rings. The van der Waals surface area contributed by atoms with E-state index in [1.165, 1.54) is 17.8 Å². The topological polar surface area (TPSA) is 73.0 Å². The van der Waals surface area contributed by atoms with Gasteiger partial charge in [0.15, 0.2) is 5.16 Å². The van der Waals surface area contributed by atoms with Crippen LogP contribution in [0.2, 0.25) is 0 Å². The lowest BCUT2D eigenvalue weighted by Gasteiger charge is -2.10. The van der Waals surface area contributed by atoms with E-state index in [-0.39, 0.29) is 11.7 Å². The van der Waals surface area contributed by atoms with Gasteiger partial charge in [-0.25, -0.2) is 9.37 Å². The van der Waals surface area contributed by atoms with Crippen LogP contribution in [-0.2, 0) is 18.8 Å². The molecule has 5 rings (SSSR count). The number of furan rings is 1. The van der Waals surface area contributed by atoms with Crippen molar-refractivity contribution < 1.29 is 13.6 Å². The van der Waals surface area contributed by atoms with Crippen LogP contribution in [0.15, 0.2) is 95.0 Å². The van der Waals surface area contributed by atoms with E-state index in [0.717, 1.165) is 21.8 Å². The van der Waals surface area contributed by atoms with Crippen molar-refractivity contribution >= 4 is 28.7 Å². The first-order valence-corrected chi connectivity index (χ1v) is 11.7. The number of nitrogens with zero attached hydrogens (tertiary/aromatic N) is 3. The first kappa shape index (κ1) is 21.9. The molecule has 0 aliphatic carbocycles. The lowest BCUT2D eigenvalue weighted by atomic mass is 10.1. The van der Waals surface area contributed by atoms with Crippen molar-refractivity contribution in [3.8, 4) is 0 Å². The Morgan fingerprint density at radius 1 is 1.06 bits per heavy atom. The van der Waals surface area contributed by atoms with Crippen LogP contribution in [0.3, 0.4) is 0 Å². The molecule has 170 valence electrons. The summed E-state index contributed by atoms with van der Waals surface area (Å²) in [7, 11) is 0. The van der Waals surface area contributed by atoms with Crippen LogP contribution < -0.4 is 5.32 Å². The molecule has 2 aromatic carbocycles. The van der Waals surface area contributed by atoms with Crippen LogP contribution in [0, 0.1) is 5.82 Å². The molecule has 0 unspecified atom stereocenters. The Kier molecular flexibility index (Phi) is 6.40. The lowest BCUT2D eigenvalue weighted by Crippen LogP contribution is -2.22. The van der Waals surface area contributed by atoms with Gasteiger partial charge in [-0.2, -0.15) is 0 Å². The summed E-state index contributed by atoms with van der Waals surface area (Å²) in [6, 6.07) is 19.7. The molecule has 0 aliphatic heterocycles. The second-order valence-electron chi connectivity index (χ2n) is 7.68. The number of rotatable bonds is 8. The van der Waals surface area contributed by atoms with E-state index in [1.54, 1.807) is 49.0 Å². The van der Waals surface area contributed by atoms with Gasteiger partial charge in [0.2, 0.25) is 0 Å². The number of aromatic nitrogens is 3. The SMILES string of the molecule is O=C(NCc1ccco1)c1ccc(Cn2c(SCc3ccccc3F)nc3ccncc32)cc1. The molecule has 1 N–H and O–H groups in total. The Morgan fingerprint density at radius 3 is 2.71 bits per heavy atom. The zero-order valence-electron chi connectivity index (χ0n) is 18.1. The van der Waals surface area contributed by atoms with E-state index < -0.39 is 0 Å². The fourth-order valence-corrected chi connectivity index (χ4v) is 4.60. The highest BCUT2D eigenvalue weighted by Crippen LogP contribution is 2.28. The summed E-state index contributed by atoms with van der Waals surface area (Å²) in [6.45, 7) is 0.889. The average Bonchev–Trinajstić information content (AvgIpc) is 3.51. The summed E-state index contributed by atoms with van der Waals surface area (Å²) in [5, 5.41) is 3.63. The molecule has 1 amide bonds. The molecule has 0 bridgehead atoms. The van der Waals surface area contributed by atoms with Gasteiger partial charge in [-0.05, 0) is 47.5 Å². The number of hydrogen-bond acceptors (Lipinski definition) is 5. The van der Waals surface area contributed by atoms with Gasteiger partial charge in [0.1, 0.15) is 11.6 Å². The van der Waals surface area contributed by atoms with Crippen LogP contribution in [0.1, 0.15) is 27.2 Å². The molecule has 6 nitrogen and oxygen atoms in total. The van der Waals surface area contributed by atoms with Crippen LogP contribution in [0.4, 0.5) is 4.39 Å². The number of nitrogens with one attached hydrogen (secondary N) is 1.